The number of hydrogen-bond acceptors (Lipinski definition) is 7. The summed E-state index contributed by atoms with van der Waals surface area (Å²) in [6.45, 7) is 5.85. The summed E-state index contributed by atoms with van der Waals surface area (Å²) in [6, 6.07) is 9.71. The number of nitrogens with zero attached hydrogens (tertiary/aromatic N) is 6. The zero-order valence-electron chi connectivity index (χ0n) is 19.0. The summed E-state index contributed by atoms with van der Waals surface area (Å²) in [6.07, 6.45) is 3.46. The summed E-state index contributed by atoms with van der Waals surface area (Å²) in [5.41, 5.74) is 8.81. The minimum Gasteiger partial charge on any atom is -0.339 e. The lowest BCUT2D eigenvalue weighted by Crippen LogP contribution is -2.26. The Bertz CT molecular complexity index is 1360. The topological polar surface area (TPSA) is 118 Å². The van der Waals surface area contributed by atoms with Gasteiger partial charge in [-0.15, -0.1) is 12.4 Å². The number of aryl methyl sites for hydroxylation is 1. The number of pyridine rings is 1. The first-order chi connectivity index (χ1) is 15.9. The van der Waals surface area contributed by atoms with Gasteiger partial charge in [-0.3, -0.25) is 0 Å². The number of benzene rings is 1. The van der Waals surface area contributed by atoms with E-state index in [0.717, 1.165) is 26.9 Å². The molecule has 0 fully saturated rings. The van der Waals surface area contributed by atoms with Crippen molar-refractivity contribution in [3.05, 3.63) is 76.7 Å². The minimum atomic E-state index is -0.420. The molecule has 0 spiro atoms. The van der Waals surface area contributed by atoms with Crippen LogP contribution in [0.3, 0.4) is 0 Å². The third-order valence-electron chi connectivity index (χ3n) is 5.19. The van der Waals surface area contributed by atoms with Gasteiger partial charge in [-0.2, -0.15) is 10.1 Å². The maximum absolute atomic E-state index is 12.8. The average Bonchev–Trinajstić information content (AvgIpc) is 3.45. The van der Waals surface area contributed by atoms with Crippen molar-refractivity contribution in [2.45, 2.75) is 33.2 Å². The molecule has 1 aromatic carbocycles. The molecule has 4 rings (SSSR count). The molecule has 9 nitrogen and oxygen atoms in total. The van der Waals surface area contributed by atoms with Gasteiger partial charge in [0.25, 0.3) is 0 Å². The van der Waals surface area contributed by atoms with Gasteiger partial charge < -0.3 is 10.3 Å². The Morgan fingerprint density at radius 3 is 2.50 bits per heavy atom. The van der Waals surface area contributed by atoms with Gasteiger partial charge in [-0.1, -0.05) is 43.3 Å². The van der Waals surface area contributed by atoms with E-state index in [4.69, 9.17) is 10.3 Å². The van der Waals surface area contributed by atoms with Crippen LogP contribution in [0.1, 0.15) is 31.2 Å². The molecule has 3 aromatic heterocycles. The van der Waals surface area contributed by atoms with Crippen LogP contribution in [0.25, 0.3) is 28.3 Å². The fourth-order valence-corrected chi connectivity index (χ4v) is 3.30. The van der Waals surface area contributed by atoms with Crippen LogP contribution in [0.15, 0.2) is 64.1 Å². The standard InChI is InChI=1S/C23H24FN7O2.ClH/c1-14(2)22-28-20(29-33-22)18-6-4-17(5-7-18)19-8-15(3)21(26-11-19)30-13-27-31(23(30)32)12-16(9-24)10-25;/h4-9,11,13-14H,10,12,25H2,1-3H3;1H/b16-9+;. The molecule has 0 saturated heterocycles. The van der Waals surface area contributed by atoms with Crippen LogP contribution in [0.2, 0.25) is 0 Å². The van der Waals surface area contributed by atoms with E-state index in [9.17, 15) is 9.18 Å². The van der Waals surface area contributed by atoms with Crippen molar-refractivity contribution >= 4 is 12.4 Å². The molecule has 0 radical (unpaired) electrons. The zero-order valence-corrected chi connectivity index (χ0v) is 19.8. The zero-order chi connectivity index (χ0) is 23.5. The number of rotatable bonds is 7. The van der Waals surface area contributed by atoms with E-state index in [1.807, 2.05) is 51.1 Å². The van der Waals surface area contributed by atoms with Crippen LogP contribution in [0.5, 0.6) is 0 Å². The lowest BCUT2D eigenvalue weighted by Gasteiger charge is -2.08. The molecule has 0 amide bonds. The van der Waals surface area contributed by atoms with Gasteiger partial charge in [0, 0.05) is 29.8 Å². The van der Waals surface area contributed by atoms with Crippen molar-refractivity contribution in [2.75, 3.05) is 6.54 Å². The second kappa shape index (κ2) is 10.5. The highest BCUT2D eigenvalue weighted by Crippen LogP contribution is 2.25. The molecule has 0 unspecified atom stereocenters. The van der Waals surface area contributed by atoms with E-state index in [2.05, 4.69) is 20.2 Å². The third kappa shape index (κ3) is 4.97. The Labute approximate surface area is 201 Å². The summed E-state index contributed by atoms with van der Waals surface area (Å²) in [5, 5.41) is 8.08. The van der Waals surface area contributed by atoms with Gasteiger partial charge >= 0.3 is 5.69 Å². The first kappa shape index (κ1) is 25.0. The normalized spacial score (nSPS) is 11.6. The summed E-state index contributed by atoms with van der Waals surface area (Å²) in [7, 11) is 0. The molecular weight excluding hydrogens is 461 g/mol. The van der Waals surface area contributed by atoms with Crippen LogP contribution in [-0.2, 0) is 6.54 Å². The predicted molar refractivity (Wildman–Crippen MR) is 129 cm³/mol. The van der Waals surface area contributed by atoms with E-state index >= 15 is 0 Å². The van der Waals surface area contributed by atoms with E-state index in [1.54, 1.807) is 6.20 Å². The third-order valence-corrected chi connectivity index (χ3v) is 5.19. The lowest BCUT2D eigenvalue weighted by molar-refractivity contribution is 0.365. The van der Waals surface area contributed by atoms with E-state index in [-0.39, 0.29) is 37.0 Å². The van der Waals surface area contributed by atoms with Crippen molar-refractivity contribution < 1.29 is 8.91 Å². The Balaban J connectivity index is 0.00000324. The van der Waals surface area contributed by atoms with Crippen molar-refractivity contribution in [1.29, 1.82) is 0 Å². The van der Waals surface area contributed by atoms with Crippen molar-refractivity contribution in [3.63, 3.8) is 0 Å². The molecule has 3 heterocycles. The molecule has 0 saturated carbocycles. The Morgan fingerprint density at radius 1 is 1.21 bits per heavy atom. The van der Waals surface area contributed by atoms with Crippen LogP contribution < -0.4 is 11.4 Å². The molecular formula is C23H25ClFN7O2. The number of nitrogens with two attached hydrogens (primary N) is 1. The van der Waals surface area contributed by atoms with E-state index < -0.39 is 5.69 Å². The SMILES string of the molecule is Cc1cc(-c2ccc(-c3noc(C(C)C)n3)cc2)cnc1-n1cnn(C/C(=C/F)CN)c1=O.Cl. The fourth-order valence-electron chi connectivity index (χ4n) is 3.30. The molecule has 2 N–H and O–H groups in total. The molecule has 11 heteroatoms. The Hall–Kier alpha value is -3.63. The highest BCUT2D eigenvalue weighted by atomic mass is 35.5. The second-order valence-electron chi connectivity index (χ2n) is 7.97. The Kier molecular flexibility index (Phi) is 7.75. The number of halogens is 2. The molecule has 0 aliphatic carbocycles. The van der Waals surface area contributed by atoms with Crippen molar-refractivity contribution in [2.24, 2.45) is 5.73 Å². The molecule has 0 bridgehead atoms. The summed E-state index contributed by atoms with van der Waals surface area (Å²) in [5.74, 6) is 1.77. The lowest BCUT2D eigenvalue weighted by atomic mass is 10.0. The van der Waals surface area contributed by atoms with Gasteiger partial charge in [0.15, 0.2) is 0 Å². The van der Waals surface area contributed by atoms with Crippen LogP contribution in [0, 0.1) is 6.92 Å². The number of aromatic nitrogens is 6. The van der Waals surface area contributed by atoms with Crippen LogP contribution in [0.4, 0.5) is 4.39 Å². The Morgan fingerprint density at radius 2 is 1.91 bits per heavy atom. The molecule has 0 atom stereocenters. The van der Waals surface area contributed by atoms with Crippen molar-refractivity contribution in [3.8, 4) is 28.3 Å². The molecule has 0 aliphatic rings. The summed E-state index contributed by atoms with van der Waals surface area (Å²) >= 11 is 0. The monoisotopic (exact) mass is 485 g/mol. The molecule has 34 heavy (non-hydrogen) atoms. The van der Waals surface area contributed by atoms with Crippen molar-refractivity contribution in [1.82, 2.24) is 29.5 Å². The highest BCUT2D eigenvalue weighted by molar-refractivity contribution is 5.85. The quantitative estimate of drug-likeness (QED) is 0.422. The van der Waals surface area contributed by atoms with Crippen LogP contribution in [-0.4, -0.2) is 36.0 Å². The maximum atomic E-state index is 12.8. The predicted octanol–water partition coefficient (Wildman–Crippen LogP) is 3.81. The smallest absolute Gasteiger partial charge is 0.339 e. The molecule has 0 aliphatic heterocycles. The van der Waals surface area contributed by atoms with E-state index in [0.29, 0.717) is 23.9 Å². The molecule has 4 aromatic rings. The maximum Gasteiger partial charge on any atom is 0.351 e. The highest BCUT2D eigenvalue weighted by Gasteiger charge is 2.14. The van der Waals surface area contributed by atoms with Gasteiger partial charge in [0.05, 0.1) is 12.9 Å². The van der Waals surface area contributed by atoms with Gasteiger partial charge in [0.1, 0.15) is 12.1 Å². The first-order valence-corrected chi connectivity index (χ1v) is 10.4. The second-order valence-corrected chi connectivity index (χ2v) is 7.97. The minimum absolute atomic E-state index is 0. The largest absolute Gasteiger partial charge is 0.351 e. The number of hydrogen-bond donors (Lipinski definition) is 1. The first-order valence-electron chi connectivity index (χ1n) is 10.4. The van der Waals surface area contributed by atoms with Gasteiger partial charge in [-0.05, 0) is 29.7 Å². The van der Waals surface area contributed by atoms with Gasteiger partial charge in [-0.25, -0.2) is 23.4 Å². The summed E-state index contributed by atoms with van der Waals surface area (Å²) < 4.78 is 20.6. The fraction of sp³-hybridized carbons (Fsp3) is 0.261. The van der Waals surface area contributed by atoms with E-state index in [1.165, 1.54) is 10.9 Å². The molecule has 178 valence electrons. The average molecular weight is 486 g/mol. The van der Waals surface area contributed by atoms with Gasteiger partial charge in [0.2, 0.25) is 11.7 Å². The van der Waals surface area contributed by atoms with Crippen LogP contribution >= 0.6 is 12.4 Å². The summed E-state index contributed by atoms with van der Waals surface area (Å²) in [4.78, 5) is 21.6.